The summed E-state index contributed by atoms with van der Waals surface area (Å²) in [5, 5.41) is 2.89. The van der Waals surface area contributed by atoms with Crippen LogP contribution in [0.4, 0.5) is 5.00 Å². The number of sulfonamides is 1. The third-order valence-electron chi connectivity index (χ3n) is 3.84. The average molecular weight is 408 g/mol. The lowest BCUT2D eigenvalue weighted by molar-refractivity contribution is -0.116. The summed E-state index contributed by atoms with van der Waals surface area (Å²) < 4.78 is 30.4. The van der Waals surface area contributed by atoms with Gasteiger partial charge in [0.2, 0.25) is 5.91 Å². The van der Waals surface area contributed by atoms with Crippen molar-refractivity contribution >= 4 is 44.1 Å². The number of thiophene rings is 1. The van der Waals surface area contributed by atoms with E-state index in [0.29, 0.717) is 19.7 Å². The number of hydrogen-bond donors (Lipinski definition) is 1. The molecular weight excluding hydrogens is 392 g/mol. The molecule has 0 saturated carbocycles. The summed E-state index contributed by atoms with van der Waals surface area (Å²) in [6, 6.07) is 7.39. The second kappa shape index (κ2) is 7.12. The number of rotatable bonds is 5. The summed E-state index contributed by atoms with van der Waals surface area (Å²) >= 11 is 1.02. The van der Waals surface area contributed by atoms with Gasteiger partial charge in [-0.3, -0.25) is 9.59 Å². The molecule has 0 saturated heterocycles. The minimum absolute atomic E-state index is 0.0434. The number of benzene rings is 1. The number of aryl methyl sites for hydroxylation is 1. The van der Waals surface area contributed by atoms with E-state index in [-0.39, 0.29) is 17.1 Å². The maximum absolute atomic E-state index is 12.5. The Balaban J connectivity index is 1.75. The second-order valence-corrected chi connectivity index (χ2v) is 8.59. The monoisotopic (exact) mass is 408 g/mol. The molecule has 0 atom stereocenters. The van der Waals surface area contributed by atoms with E-state index in [0.717, 1.165) is 11.3 Å². The quantitative estimate of drug-likeness (QED) is 0.758. The number of ether oxygens (including phenoxy) is 1. The van der Waals surface area contributed by atoms with Gasteiger partial charge in [0.05, 0.1) is 17.2 Å². The van der Waals surface area contributed by atoms with Crippen LogP contribution in [0, 0.1) is 6.92 Å². The first kappa shape index (κ1) is 19.1. The van der Waals surface area contributed by atoms with E-state index in [1.165, 1.54) is 18.2 Å². The molecule has 0 fully saturated rings. The fraction of sp³-hybridized carbons (Fsp3) is 0.235. The smallest absolute Gasteiger partial charge is 0.348 e. The van der Waals surface area contributed by atoms with Crippen LogP contribution in [0.1, 0.15) is 32.5 Å². The van der Waals surface area contributed by atoms with Crippen molar-refractivity contribution in [1.82, 2.24) is 4.31 Å². The van der Waals surface area contributed by atoms with E-state index in [1.54, 1.807) is 26.0 Å². The molecule has 3 rings (SSSR count). The molecule has 0 bridgehead atoms. The molecule has 1 aromatic carbocycles. The molecule has 2 heterocycles. The highest BCUT2D eigenvalue weighted by Gasteiger charge is 2.41. The Kier molecular flexibility index (Phi) is 5.03. The predicted molar refractivity (Wildman–Crippen MR) is 98.3 cm³/mol. The van der Waals surface area contributed by atoms with Gasteiger partial charge >= 0.3 is 5.97 Å². The van der Waals surface area contributed by atoms with E-state index in [4.69, 9.17) is 4.74 Å². The summed E-state index contributed by atoms with van der Waals surface area (Å²) in [4.78, 5) is 36.7. The molecule has 0 aliphatic carbocycles. The molecule has 10 heteroatoms. The molecule has 1 aliphatic rings. The minimum atomic E-state index is -4.05. The van der Waals surface area contributed by atoms with Gasteiger partial charge < -0.3 is 10.1 Å². The first-order chi connectivity index (χ1) is 12.8. The third-order valence-corrected chi connectivity index (χ3v) is 6.76. The zero-order chi connectivity index (χ0) is 19.8. The van der Waals surface area contributed by atoms with Crippen LogP contribution in [0.25, 0.3) is 0 Å². The lowest BCUT2D eigenvalue weighted by Crippen LogP contribution is -2.37. The summed E-state index contributed by atoms with van der Waals surface area (Å²) in [5.74, 6) is -1.92. The first-order valence-electron chi connectivity index (χ1n) is 7.99. The van der Waals surface area contributed by atoms with Crippen molar-refractivity contribution in [3.05, 3.63) is 46.3 Å². The molecular formula is C17H16N2O6S2. The maximum atomic E-state index is 12.5. The number of hydrogen-bond acceptors (Lipinski definition) is 7. The van der Waals surface area contributed by atoms with Gasteiger partial charge in [-0.15, -0.1) is 11.3 Å². The fourth-order valence-electron chi connectivity index (χ4n) is 2.64. The summed E-state index contributed by atoms with van der Waals surface area (Å²) in [7, 11) is -4.05. The Morgan fingerprint density at radius 3 is 2.63 bits per heavy atom. The Bertz CT molecular complexity index is 1040. The Hall–Kier alpha value is -2.72. The molecule has 0 spiro atoms. The van der Waals surface area contributed by atoms with Gasteiger partial charge in [0.15, 0.2) is 0 Å². The Labute approximate surface area is 159 Å². The molecule has 142 valence electrons. The third kappa shape index (κ3) is 3.45. The zero-order valence-electron chi connectivity index (χ0n) is 14.5. The summed E-state index contributed by atoms with van der Waals surface area (Å²) in [6.07, 6.45) is 0. The van der Waals surface area contributed by atoms with Gasteiger partial charge in [0.1, 0.15) is 16.3 Å². The van der Waals surface area contributed by atoms with Crippen LogP contribution in [-0.4, -0.2) is 43.7 Å². The summed E-state index contributed by atoms with van der Waals surface area (Å²) in [6.45, 7) is 2.97. The van der Waals surface area contributed by atoms with Crippen molar-refractivity contribution in [2.75, 3.05) is 18.5 Å². The zero-order valence-corrected chi connectivity index (χ0v) is 16.1. The highest BCUT2D eigenvalue weighted by atomic mass is 32.2. The molecule has 1 aliphatic heterocycles. The number of esters is 1. The average Bonchev–Trinajstić information content (AvgIpc) is 3.07. The van der Waals surface area contributed by atoms with Gasteiger partial charge in [-0.2, -0.15) is 0 Å². The number of anilines is 1. The fourth-order valence-corrected chi connectivity index (χ4v) is 5.15. The van der Waals surface area contributed by atoms with Crippen molar-refractivity contribution in [3.63, 3.8) is 0 Å². The van der Waals surface area contributed by atoms with Crippen molar-refractivity contribution in [2.24, 2.45) is 0 Å². The number of amides is 2. The van der Waals surface area contributed by atoms with E-state index in [2.05, 4.69) is 5.32 Å². The number of carbonyl (C=O) groups excluding carboxylic acids is 3. The molecule has 27 heavy (non-hydrogen) atoms. The van der Waals surface area contributed by atoms with Crippen molar-refractivity contribution in [2.45, 2.75) is 18.7 Å². The van der Waals surface area contributed by atoms with Crippen LogP contribution in [-0.2, 0) is 19.6 Å². The molecule has 2 aromatic rings. The van der Waals surface area contributed by atoms with Crippen LogP contribution in [0.5, 0.6) is 0 Å². The number of nitrogens with zero attached hydrogens (tertiary/aromatic N) is 1. The van der Waals surface area contributed by atoms with Gasteiger partial charge in [-0.1, -0.05) is 12.1 Å². The van der Waals surface area contributed by atoms with E-state index < -0.39 is 34.4 Å². The van der Waals surface area contributed by atoms with Crippen molar-refractivity contribution in [3.8, 4) is 0 Å². The maximum Gasteiger partial charge on any atom is 0.348 e. The van der Waals surface area contributed by atoms with Crippen LogP contribution in [0.2, 0.25) is 0 Å². The molecule has 1 N–H and O–H groups in total. The lowest BCUT2D eigenvalue weighted by atomic mass is 10.2. The minimum Gasteiger partial charge on any atom is -0.462 e. The molecule has 2 amide bonds. The van der Waals surface area contributed by atoms with Gasteiger partial charge in [-0.25, -0.2) is 17.5 Å². The van der Waals surface area contributed by atoms with Crippen LogP contribution in [0.3, 0.4) is 0 Å². The van der Waals surface area contributed by atoms with E-state index in [1.807, 2.05) is 0 Å². The summed E-state index contributed by atoms with van der Waals surface area (Å²) in [5.41, 5.74) is 0.674. The standard InChI is InChI=1S/C17H16N2O6S2/c1-3-25-17(22)15-10(2)8-14(26-15)18-13(20)9-19-16(21)11-6-4-5-7-12(11)27(19,23)24/h4-8H,3,9H2,1-2H3,(H,18,20). The number of fused-ring (bicyclic) bond motifs is 1. The lowest BCUT2D eigenvalue weighted by Gasteiger charge is -2.14. The van der Waals surface area contributed by atoms with Crippen LogP contribution in [0.15, 0.2) is 35.2 Å². The Morgan fingerprint density at radius 2 is 1.96 bits per heavy atom. The van der Waals surface area contributed by atoms with E-state index in [9.17, 15) is 22.8 Å². The highest BCUT2D eigenvalue weighted by Crippen LogP contribution is 2.30. The van der Waals surface area contributed by atoms with Crippen LogP contribution < -0.4 is 5.32 Å². The highest BCUT2D eigenvalue weighted by molar-refractivity contribution is 7.90. The molecule has 0 unspecified atom stereocenters. The first-order valence-corrected chi connectivity index (χ1v) is 10.2. The SMILES string of the molecule is CCOC(=O)c1sc(NC(=O)CN2C(=O)c3ccccc3S2(=O)=O)cc1C. The van der Waals surface area contributed by atoms with Gasteiger partial charge in [0, 0.05) is 0 Å². The van der Waals surface area contributed by atoms with Gasteiger partial charge in [0.25, 0.3) is 15.9 Å². The molecule has 1 aromatic heterocycles. The number of carbonyl (C=O) groups is 3. The molecule has 0 radical (unpaired) electrons. The topological polar surface area (TPSA) is 110 Å². The number of nitrogens with one attached hydrogen (secondary N) is 1. The molecule has 8 nitrogen and oxygen atoms in total. The van der Waals surface area contributed by atoms with Crippen LogP contribution >= 0.6 is 11.3 Å². The van der Waals surface area contributed by atoms with Gasteiger partial charge in [-0.05, 0) is 37.6 Å². The van der Waals surface area contributed by atoms with Crippen molar-refractivity contribution in [1.29, 1.82) is 0 Å². The van der Waals surface area contributed by atoms with E-state index >= 15 is 0 Å². The predicted octanol–water partition coefficient (Wildman–Crippen LogP) is 2.02. The second-order valence-electron chi connectivity index (χ2n) is 5.70. The normalized spacial score (nSPS) is 14.7. The Morgan fingerprint density at radius 1 is 1.26 bits per heavy atom. The largest absolute Gasteiger partial charge is 0.462 e. The van der Waals surface area contributed by atoms with Crippen molar-refractivity contribution < 1.29 is 27.5 Å².